The highest BCUT2D eigenvalue weighted by atomic mass is 16.5. The Kier molecular flexibility index (Phi) is 5.22. The van der Waals surface area contributed by atoms with Crippen LogP contribution in [-0.2, 0) is 4.79 Å². The SMILES string of the molecule is O=C1C[C@@H](c2ccc(-c3ccc(C(=O)O)cc3)o2)c2c(ccc(C(=O)c3ccccc3)c2O)O1. The lowest BCUT2D eigenvalue weighted by Crippen LogP contribution is -2.21. The minimum absolute atomic E-state index is 0.0750. The van der Waals surface area contributed by atoms with Crippen molar-refractivity contribution in [3.8, 4) is 22.8 Å². The molecule has 7 heteroatoms. The van der Waals surface area contributed by atoms with Gasteiger partial charge in [-0.25, -0.2) is 4.79 Å². The summed E-state index contributed by atoms with van der Waals surface area (Å²) in [7, 11) is 0. The number of fused-ring (bicyclic) bond motifs is 1. The van der Waals surface area contributed by atoms with Crippen LogP contribution in [-0.4, -0.2) is 27.9 Å². The summed E-state index contributed by atoms with van der Waals surface area (Å²) in [5.74, 6) is -1.72. The van der Waals surface area contributed by atoms with Crippen LogP contribution >= 0.6 is 0 Å². The molecule has 0 unspecified atom stereocenters. The van der Waals surface area contributed by atoms with Crippen LogP contribution in [0.15, 0.2) is 83.3 Å². The fraction of sp³-hybridized carbons (Fsp3) is 0.0741. The molecule has 0 saturated heterocycles. The normalized spacial score (nSPS) is 14.8. The number of phenols is 1. The van der Waals surface area contributed by atoms with Crippen molar-refractivity contribution in [1.82, 2.24) is 0 Å². The van der Waals surface area contributed by atoms with Crippen LogP contribution in [0.5, 0.6) is 11.5 Å². The van der Waals surface area contributed by atoms with Crippen LogP contribution in [0, 0.1) is 0 Å². The second-order valence-corrected chi connectivity index (χ2v) is 7.88. The van der Waals surface area contributed by atoms with E-state index in [0.29, 0.717) is 28.2 Å². The molecule has 0 bridgehead atoms. The largest absolute Gasteiger partial charge is 0.507 e. The molecular weight excluding hydrogens is 436 g/mol. The molecule has 4 aromatic rings. The summed E-state index contributed by atoms with van der Waals surface area (Å²) >= 11 is 0. The van der Waals surface area contributed by atoms with E-state index in [4.69, 9.17) is 14.3 Å². The highest BCUT2D eigenvalue weighted by Gasteiger charge is 2.35. The number of phenolic OH excluding ortho intramolecular Hbond substituents is 1. The number of hydrogen-bond donors (Lipinski definition) is 2. The number of carboxylic acids is 1. The zero-order valence-electron chi connectivity index (χ0n) is 17.7. The van der Waals surface area contributed by atoms with E-state index in [1.165, 1.54) is 24.3 Å². The highest BCUT2D eigenvalue weighted by molar-refractivity contribution is 6.11. The number of furan rings is 1. The molecule has 0 spiro atoms. The molecule has 1 aromatic heterocycles. The number of carbonyl (C=O) groups is 3. The molecule has 0 amide bonds. The minimum Gasteiger partial charge on any atom is -0.507 e. The van der Waals surface area contributed by atoms with Gasteiger partial charge in [0.25, 0.3) is 0 Å². The van der Waals surface area contributed by atoms with Gasteiger partial charge in [-0.05, 0) is 36.4 Å². The summed E-state index contributed by atoms with van der Waals surface area (Å²) in [5.41, 5.74) is 1.65. The van der Waals surface area contributed by atoms with Gasteiger partial charge in [0.15, 0.2) is 5.78 Å². The third-order valence-electron chi connectivity index (χ3n) is 5.79. The highest BCUT2D eigenvalue weighted by Crippen LogP contribution is 2.46. The van der Waals surface area contributed by atoms with Gasteiger partial charge in [0, 0.05) is 16.7 Å². The van der Waals surface area contributed by atoms with Crippen molar-refractivity contribution < 1.29 is 33.8 Å². The maximum Gasteiger partial charge on any atom is 0.335 e. The molecule has 2 N–H and O–H groups in total. The minimum atomic E-state index is -1.03. The Bertz CT molecular complexity index is 1420. The van der Waals surface area contributed by atoms with Crippen molar-refractivity contribution in [1.29, 1.82) is 0 Å². The Balaban J connectivity index is 1.54. The molecule has 5 rings (SSSR count). The number of ketones is 1. The molecule has 1 atom stereocenters. The zero-order chi connectivity index (χ0) is 23.8. The maximum absolute atomic E-state index is 13.0. The Morgan fingerprint density at radius 3 is 2.29 bits per heavy atom. The van der Waals surface area contributed by atoms with Crippen molar-refractivity contribution >= 4 is 17.7 Å². The number of aromatic hydroxyl groups is 1. The molecule has 168 valence electrons. The smallest absolute Gasteiger partial charge is 0.335 e. The first kappa shape index (κ1) is 21.2. The molecule has 0 radical (unpaired) electrons. The van der Waals surface area contributed by atoms with E-state index in [1.54, 1.807) is 54.6 Å². The predicted molar refractivity (Wildman–Crippen MR) is 121 cm³/mol. The van der Waals surface area contributed by atoms with Gasteiger partial charge in [-0.2, -0.15) is 0 Å². The van der Waals surface area contributed by atoms with Gasteiger partial charge in [-0.1, -0.05) is 42.5 Å². The van der Waals surface area contributed by atoms with Crippen LogP contribution in [0.2, 0.25) is 0 Å². The Hall–Kier alpha value is -4.65. The molecule has 1 aliphatic heterocycles. The summed E-state index contributed by atoms with van der Waals surface area (Å²) < 4.78 is 11.3. The molecule has 3 aromatic carbocycles. The number of carbonyl (C=O) groups excluding carboxylic acids is 2. The van der Waals surface area contributed by atoms with Crippen LogP contribution in [0.3, 0.4) is 0 Å². The monoisotopic (exact) mass is 454 g/mol. The van der Waals surface area contributed by atoms with Crippen LogP contribution in [0.1, 0.15) is 49.9 Å². The third-order valence-corrected chi connectivity index (χ3v) is 5.79. The van der Waals surface area contributed by atoms with E-state index in [-0.39, 0.29) is 34.8 Å². The summed E-state index contributed by atoms with van der Waals surface area (Å²) in [4.78, 5) is 36.4. The van der Waals surface area contributed by atoms with Crippen LogP contribution in [0.4, 0.5) is 0 Å². The third kappa shape index (κ3) is 3.73. The van der Waals surface area contributed by atoms with Gasteiger partial charge in [-0.3, -0.25) is 9.59 Å². The molecule has 34 heavy (non-hydrogen) atoms. The lowest BCUT2D eigenvalue weighted by atomic mass is 9.87. The average molecular weight is 454 g/mol. The molecular formula is C27H18O7. The first-order chi connectivity index (χ1) is 16.4. The fourth-order valence-corrected chi connectivity index (χ4v) is 4.09. The van der Waals surface area contributed by atoms with Crippen molar-refractivity contribution in [2.24, 2.45) is 0 Å². The summed E-state index contributed by atoms with van der Waals surface area (Å²) in [6, 6.07) is 21.1. The number of carboxylic acid groups (broad SMARTS) is 1. The van der Waals surface area contributed by atoms with Crippen molar-refractivity contribution in [2.75, 3.05) is 0 Å². The maximum atomic E-state index is 13.0. The fourth-order valence-electron chi connectivity index (χ4n) is 4.09. The Labute approximate surface area is 193 Å². The average Bonchev–Trinajstić information content (AvgIpc) is 3.34. The zero-order valence-corrected chi connectivity index (χ0v) is 17.7. The number of hydrogen-bond acceptors (Lipinski definition) is 6. The first-order valence-corrected chi connectivity index (χ1v) is 10.5. The molecule has 1 aliphatic rings. The molecule has 0 aliphatic carbocycles. The van der Waals surface area contributed by atoms with Gasteiger partial charge >= 0.3 is 11.9 Å². The lowest BCUT2D eigenvalue weighted by molar-refractivity contribution is -0.135. The van der Waals surface area contributed by atoms with E-state index in [1.807, 2.05) is 0 Å². The van der Waals surface area contributed by atoms with Crippen LogP contribution in [0.25, 0.3) is 11.3 Å². The van der Waals surface area contributed by atoms with E-state index in [9.17, 15) is 19.5 Å². The number of benzene rings is 3. The van der Waals surface area contributed by atoms with Gasteiger partial charge in [0.05, 0.1) is 23.5 Å². The van der Waals surface area contributed by atoms with E-state index in [2.05, 4.69) is 0 Å². The van der Waals surface area contributed by atoms with E-state index >= 15 is 0 Å². The summed E-state index contributed by atoms with van der Waals surface area (Å²) in [5, 5.41) is 20.2. The quantitative estimate of drug-likeness (QED) is 0.247. The van der Waals surface area contributed by atoms with E-state index in [0.717, 1.165) is 0 Å². The van der Waals surface area contributed by atoms with Gasteiger partial charge in [-0.15, -0.1) is 0 Å². The number of rotatable bonds is 5. The molecule has 0 saturated carbocycles. The first-order valence-electron chi connectivity index (χ1n) is 10.5. The molecule has 7 nitrogen and oxygen atoms in total. The topological polar surface area (TPSA) is 114 Å². The summed E-state index contributed by atoms with van der Waals surface area (Å²) in [6.45, 7) is 0. The number of aromatic carboxylic acids is 1. The lowest BCUT2D eigenvalue weighted by Gasteiger charge is -2.25. The van der Waals surface area contributed by atoms with Crippen LogP contribution < -0.4 is 4.74 Å². The van der Waals surface area contributed by atoms with Gasteiger partial charge in [0.2, 0.25) is 0 Å². The second kappa shape index (κ2) is 8.37. The standard InChI is InChI=1S/C27H18O7/c28-23-14-19(21-13-12-20(33-21)15-6-8-17(9-7-15)27(31)32)24-22(34-23)11-10-18(26(24)30)25(29)16-4-2-1-3-5-16/h1-13,19,30H,14H2,(H,31,32)/t19-/m0/s1. The Morgan fingerprint density at radius 2 is 1.59 bits per heavy atom. The Morgan fingerprint density at radius 1 is 0.853 bits per heavy atom. The van der Waals surface area contributed by atoms with Crippen molar-refractivity contribution in [2.45, 2.75) is 12.3 Å². The number of ether oxygens (including phenoxy) is 1. The number of esters is 1. The van der Waals surface area contributed by atoms with Crippen molar-refractivity contribution in [3.63, 3.8) is 0 Å². The predicted octanol–water partition coefficient (Wildman–Crippen LogP) is 5.02. The van der Waals surface area contributed by atoms with Gasteiger partial charge in [0.1, 0.15) is 23.0 Å². The van der Waals surface area contributed by atoms with Crippen molar-refractivity contribution in [3.05, 3.63) is 107 Å². The summed E-state index contributed by atoms with van der Waals surface area (Å²) in [6.07, 6.45) is -0.0750. The van der Waals surface area contributed by atoms with E-state index < -0.39 is 17.9 Å². The molecule has 0 fully saturated rings. The van der Waals surface area contributed by atoms with Gasteiger partial charge < -0.3 is 19.4 Å². The molecule has 2 heterocycles. The second-order valence-electron chi connectivity index (χ2n) is 7.88.